The van der Waals surface area contributed by atoms with Gasteiger partial charge in [-0.3, -0.25) is 0 Å². The van der Waals surface area contributed by atoms with Crippen LogP contribution < -0.4 is 0 Å². The fraction of sp³-hybridized carbons (Fsp3) is 0.833. The number of hydrogen-bond donors (Lipinski definition) is 0. The Labute approximate surface area is 92.3 Å². The molecule has 0 heterocycles. The van der Waals surface area contributed by atoms with Gasteiger partial charge in [-0.2, -0.15) is 0 Å². The summed E-state index contributed by atoms with van der Waals surface area (Å²) in [6.45, 7) is 12.2. The first kappa shape index (κ1) is 14.1. The van der Waals surface area contributed by atoms with E-state index in [4.69, 9.17) is 4.74 Å². The van der Waals surface area contributed by atoms with Crippen molar-refractivity contribution in [1.82, 2.24) is 0 Å². The SMILES string of the molecule is CC/C=[C](/OCC)[Ge]([CH2]C)([CH2]C)[CH2]C. The zero-order chi connectivity index (χ0) is 11.0. The summed E-state index contributed by atoms with van der Waals surface area (Å²) in [5.74, 6) is 0. The molecule has 0 atom stereocenters. The van der Waals surface area contributed by atoms with Crippen LogP contribution in [0.5, 0.6) is 0 Å². The zero-order valence-electron chi connectivity index (χ0n) is 10.5. The Morgan fingerprint density at radius 1 is 1.00 bits per heavy atom. The van der Waals surface area contributed by atoms with Crippen LogP contribution in [0.15, 0.2) is 10.7 Å². The Morgan fingerprint density at radius 3 is 1.79 bits per heavy atom. The van der Waals surface area contributed by atoms with Crippen molar-refractivity contribution in [2.24, 2.45) is 0 Å². The maximum absolute atomic E-state index is 5.86. The van der Waals surface area contributed by atoms with E-state index in [1.54, 1.807) is 0 Å². The molecule has 0 amide bonds. The van der Waals surface area contributed by atoms with E-state index in [2.05, 4.69) is 40.7 Å². The first-order valence-corrected chi connectivity index (χ1v) is 11.5. The van der Waals surface area contributed by atoms with E-state index < -0.39 is 13.3 Å². The molecule has 0 N–H and O–H groups in total. The van der Waals surface area contributed by atoms with Gasteiger partial charge in [-0.1, -0.05) is 0 Å². The third-order valence-corrected chi connectivity index (χ3v) is 14.7. The Kier molecular flexibility index (Phi) is 7.43. The van der Waals surface area contributed by atoms with Crippen molar-refractivity contribution in [1.29, 1.82) is 0 Å². The van der Waals surface area contributed by atoms with Gasteiger partial charge in [-0.15, -0.1) is 0 Å². The summed E-state index contributed by atoms with van der Waals surface area (Å²) >= 11 is -1.79. The maximum atomic E-state index is 5.86. The standard InChI is InChI=1S/C12H26GeO/c1-6-11-12(14-10-5)13(7-2,8-3)9-4/h11H,6-10H2,1-5H3/b12-11+. The second kappa shape index (κ2) is 7.38. The quantitative estimate of drug-likeness (QED) is 0.487. The van der Waals surface area contributed by atoms with Crippen molar-refractivity contribution in [3.8, 4) is 0 Å². The molecule has 0 rings (SSSR count). The third-order valence-electron chi connectivity index (χ3n) is 3.24. The molecule has 0 radical (unpaired) electrons. The van der Waals surface area contributed by atoms with E-state index in [1.807, 2.05) is 0 Å². The van der Waals surface area contributed by atoms with Crippen molar-refractivity contribution < 1.29 is 4.74 Å². The van der Waals surface area contributed by atoms with Crippen molar-refractivity contribution in [2.75, 3.05) is 6.61 Å². The van der Waals surface area contributed by atoms with Gasteiger partial charge in [0.05, 0.1) is 0 Å². The summed E-state index contributed by atoms with van der Waals surface area (Å²) in [4.78, 5) is 0. The van der Waals surface area contributed by atoms with E-state index >= 15 is 0 Å². The monoisotopic (exact) mass is 260 g/mol. The molecule has 0 aromatic carbocycles. The molecular formula is C12H26GeO. The topological polar surface area (TPSA) is 9.23 Å². The van der Waals surface area contributed by atoms with Gasteiger partial charge in [0.25, 0.3) is 0 Å². The second-order valence-electron chi connectivity index (χ2n) is 3.75. The molecule has 0 spiro atoms. The summed E-state index contributed by atoms with van der Waals surface area (Å²) in [6.07, 6.45) is 3.45. The third kappa shape index (κ3) is 3.34. The molecule has 0 aromatic heterocycles. The molecule has 0 aliphatic carbocycles. The second-order valence-corrected chi connectivity index (χ2v) is 14.6. The zero-order valence-corrected chi connectivity index (χ0v) is 12.6. The number of ether oxygens (including phenoxy) is 1. The minimum atomic E-state index is -1.79. The van der Waals surface area contributed by atoms with Crippen LogP contribution in [0.4, 0.5) is 0 Å². The number of rotatable bonds is 7. The van der Waals surface area contributed by atoms with Crippen molar-refractivity contribution in [3.63, 3.8) is 0 Å². The normalized spacial score (nSPS) is 13.1. The van der Waals surface area contributed by atoms with Crippen LogP contribution in [0.1, 0.15) is 41.0 Å². The molecule has 1 nitrogen and oxygen atoms in total. The van der Waals surface area contributed by atoms with E-state index in [9.17, 15) is 0 Å². The summed E-state index contributed by atoms with van der Waals surface area (Å²) in [7, 11) is 0. The Balaban J connectivity index is 4.80. The first-order valence-electron chi connectivity index (χ1n) is 6.04. The summed E-state index contributed by atoms with van der Waals surface area (Å²) in [5, 5.41) is 4.08. The summed E-state index contributed by atoms with van der Waals surface area (Å²) < 4.78 is 7.27. The molecule has 84 valence electrons. The fourth-order valence-electron chi connectivity index (χ4n) is 2.04. The minimum absolute atomic E-state index is 0.832. The van der Waals surface area contributed by atoms with Crippen LogP contribution in [0, 0.1) is 0 Å². The number of allylic oxidation sites excluding steroid dienone is 1. The fourth-order valence-corrected chi connectivity index (χ4v) is 9.66. The predicted molar refractivity (Wildman–Crippen MR) is 67.2 cm³/mol. The Hall–Kier alpha value is 0.0829. The Bertz CT molecular complexity index is 163. The molecule has 14 heavy (non-hydrogen) atoms. The van der Waals surface area contributed by atoms with E-state index in [0.717, 1.165) is 13.0 Å². The molecule has 0 fully saturated rings. The molecule has 0 aromatic rings. The van der Waals surface area contributed by atoms with Gasteiger partial charge in [0.15, 0.2) is 0 Å². The van der Waals surface area contributed by atoms with Crippen molar-refractivity contribution in [3.05, 3.63) is 10.7 Å². The van der Waals surface area contributed by atoms with Gasteiger partial charge in [-0.05, 0) is 0 Å². The van der Waals surface area contributed by atoms with Crippen LogP contribution in [0.25, 0.3) is 0 Å². The van der Waals surface area contributed by atoms with Gasteiger partial charge in [0.2, 0.25) is 0 Å². The van der Waals surface area contributed by atoms with Crippen molar-refractivity contribution >= 4 is 13.3 Å². The van der Waals surface area contributed by atoms with E-state index in [1.165, 1.54) is 20.4 Å². The van der Waals surface area contributed by atoms with Gasteiger partial charge >= 0.3 is 92.1 Å². The van der Waals surface area contributed by atoms with Gasteiger partial charge in [0.1, 0.15) is 0 Å². The molecule has 0 aliphatic rings. The molecule has 0 saturated carbocycles. The van der Waals surface area contributed by atoms with Crippen LogP contribution in [0.3, 0.4) is 0 Å². The number of hydrogen-bond acceptors (Lipinski definition) is 1. The summed E-state index contributed by atoms with van der Waals surface area (Å²) in [6, 6.07) is 0. The molecule has 0 bridgehead atoms. The molecular weight excluding hydrogens is 233 g/mol. The average Bonchev–Trinajstić information content (AvgIpc) is 2.22. The van der Waals surface area contributed by atoms with Gasteiger partial charge in [-0.25, -0.2) is 0 Å². The molecule has 0 saturated heterocycles. The average molecular weight is 259 g/mol. The molecule has 0 aliphatic heterocycles. The Morgan fingerprint density at radius 2 is 1.50 bits per heavy atom. The van der Waals surface area contributed by atoms with Gasteiger partial charge in [0, 0.05) is 0 Å². The van der Waals surface area contributed by atoms with E-state index in [-0.39, 0.29) is 0 Å². The van der Waals surface area contributed by atoms with Crippen LogP contribution in [-0.4, -0.2) is 19.9 Å². The summed E-state index contributed by atoms with van der Waals surface area (Å²) in [5.41, 5.74) is 0. The van der Waals surface area contributed by atoms with E-state index in [0.29, 0.717) is 0 Å². The van der Waals surface area contributed by atoms with Crippen LogP contribution in [0.2, 0.25) is 15.8 Å². The predicted octanol–water partition coefficient (Wildman–Crippen LogP) is 4.36. The molecule has 0 unspecified atom stereocenters. The van der Waals surface area contributed by atoms with Crippen LogP contribution >= 0.6 is 0 Å². The van der Waals surface area contributed by atoms with Crippen LogP contribution in [-0.2, 0) is 4.74 Å². The van der Waals surface area contributed by atoms with Crippen molar-refractivity contribution in [2.45, 2.75) is 56.8 Å². The molecule has 2 heteroatoms. The van der Waals surface area contributed by atoms with Gasteiger partial charge < -0.3 is 0 Å². The first-order chi connectivity index (χ1) is 6.70.